The van der Waals surface area contributed by atoms with Crippen LogP contribution >= 0.6 is 0 Å². The van der Waals surface area contributed by atoms with E-state index in [0.29, 0.717) is 16.7 Å². The average molecular weight is 621 g/mol. The Hall–Kier alpha value is -1.79. The summed E-state index contributed by atoms with van der Waals surface area (Å²) in [5.41, 5.74) is 1.77. The van der Waals surface area contributed by atoms with E-state index in [1.807, 2.05) is 18.2 Å². The molecule has 0 aliphatic rings. The molecule has 0 spiro atoms. The van der Waals surface area contributed by atoms with Crippen molar-refractivity contribution >= 4 is 79.4 Å². The van der Waals surface area contributed by atoms with E-state index in [1.165, 1.54) is 0 Å². The quantitative estimate of drug-likeness (QED) is 0.329. The summed E-state index contributed by atoms with van der Waals surface area (Å²) in [5, 5.41) is -0.887. The fourth-order valence-electron chi connectivity index (χ4n) is 1.72. The summed E-state index contributed by atoms with van der Waals surface area (Å²) in [4.78, 5) is 31.4. The predicted octanol–water partition coefficient (Wildman–Crippen LogP) is 3.74. The Morgan fingerprint density at radius 1 is 0.429 bits per heavy atom. The maximum Gasteiger partial charge on any atom is 3.00 e. The van der Waals surface area contributed by atoms with Gasteiger partial charge in [0.05, 0.1) is 0 Å². The van der Waals surface area contributed by atoms with Crippen LogP contribution in [0.3, 0.4) is 0 Å². The number of rotatable bonds is 3. The van der Waals surface area contributed by atoms with Crippen molar-refractivity contribution in [2.45, 2.75) is 0 Å². The van der Waals surface area contributed by atoms with Crippen molar-refractivity contribution in [3.63, 3.8) is 0 Å². The van der Waals surface area contributed by atoms with Gasteiger partial charge < -0.3 is 52.3 Å². The molecular formula is C21H15BiO3S3. The predicted molar refractivity (Wildman–Crippen MR) is 120 cm³/mol. The molecule has 0 aromatic heterocycles. The second-order valence-corrected chi connectivity index (χ2v) is 6.07. The zero-order valence-corrected chi connectivity index (χ0v) is 20.5. The second-order valence-electron chi connectivity index (χ2n) is 4.96. The summed E-state index contributed by atoms with van der Waals surface area (Å²) in [6.45, 7) is 0. The molecule has 0 saturated heterocycles. The first kappa shape index (κ1) is 26.2. The summed E-state index contributed by atoms with van der Waals surface area (Å²) in [6, 6.07) is 26.5. The number of hydrogen-bond acceptors (Lipinski definition) is 6. The molecule has 0 bridgehead atoms. The van der Waals surface area contributed by atoms with Crippen LogP contribution in [0.2, 0.25) is 0 Å². The van der Waals surface area contributed by atoms with Crippen LogP contribution < -0.4 is 0 Å². The van der Waals surface area contributed by atoms with E-state index < -0.39 is 0 Å². The Morgan fingerprint density at radius 3 is 0.714 bits per heavy atom. The van der Waals surface area contributed by atoms with Gasteiger partial charge in [-0.1, -0.05) is 91.0 Å². The van der Waals surface area contributed by atoms with Gasteiger partial charge in [-0.25, -0.2) is 0 Å². The van der Waals surface area contributed by atoms with E-state index in [4.69, 9.17) is 0 Å². The van der Waals surface area contributed by atoms with Gasteiger partial charge in [0.1, 0.15) is 0 Å². The summed E-state index contributed by atoms with van der Waals surface area (Å²) >= 11 is 13.2. The molecule has 0 heterocycles. The molecule has 0 fully saturated rings. The molecule has 0 N–H and O–H groups in total. The van der Waals surface area contributed by atoms with Crippen LogP contribution in [0.4, 0.5) is 0 Å². The van der Waals surface area contributed by atoms with Gasteiger partial charge in [0.2, 0.25) is 0 Å². The number of benzene rings is 3. The molecule has 2 radical (unpaired) electrons. The normalized spacial score (nSPS) is 8.57. The molecule has 140 valence electrons. The topological polar surface area (TPSA) is 51.2 Å². The zero-order chi connectivity index (χ0) is 20.1. The third kappa shape index (κ3) is 11.1. The largest absolute Gasteiger partial charge is 3.00 e. The fraction of sp³-hybridized carbons (Fsp3) is 0. The van der Waals surface area contributed by atoms with Crippen molar-refractivity contribution in [2.24, 2.45) is 0 Å². The Labute approximate surface area is 200 Å². The Kier molecular flexibility index (Phi) is 14.2. The van der Waals surface area contributed by atoms with Gasteiger partial charge in [-0.05, 0) is 16.7 Å². The van der Waals surface area contributed by atoms with Crippen LogP contribution in [0.5, 0.6) is 0 Å². The fourth-order valence-corrected chi connectivity index (χ4v) is 2.13. The van der Waals surface area contributed by atoms with Gasteiger partial charge in [0, 0.05) is 15.3 Å². The van der Waals surface area contributed by atoms with Crippen LogP contribution in [0.1, 0.15) is 31.1 Å². The van der Waals surface area contributed by atoms with Crippen LogP contribution in [0.15, 0.2) is 91.0 Å². The molecule has 0 amide bonds. The molecule has 0 saturated carbocycles. The molecule has 3 aromatic rings. The molecule has 0 atom stereocenters. The molecule has 3 aromatic carbocycles. The van der Waals surface area contributed by atoms with Crippen LogP contribution in [-0.4, -0.2) is 41.5 Å². The molecule has 3 rings (SSSR count). The van der Waals surface area contributed by atoms with Gasteiger partial charge in [-0.3, -0.25) is 0 Å². The summed E-state index contributed by atoms with van der Waals surface area (Å²) in [7, 11) is 0. The number of carbonyl (C=O) groups is 3. The molecular weight excluding hydrogens is 605 g/mol. The van der Waals surface area contributed by atoms with Crippen LogP contribution in [0.25, 0.3) is 0 Å². The summed E-state index contributed by atoms with van der Waals surface area (Å²) in [5.74, 6) is 0. The Bertz CT molecular complexity index is 740. The van der Waals surface area contributed by atoms with E-state index >= 15 is 0 Å². The maximum absolute atomic E-state index is 10.5. The SMILES string of the molecule is O=C([S-])c1ccccc1.O=C([S-])c1ccccc1.O=C([S-])c1ccccc1.[Bi+3]. The number of carbonyl (C=O) groups excluding carboxylic acids is 3. The van der Waals surface area contributed by atoms with E-state index in [0.717, 1.165) is 0 Å². The van der Waals surface area contributed by atoms with Crippen molar-refractivity contribution in [1.29, 1.82) is 0 Å². The average Bonchev–Trinajstić information content (AvgIpc) is 2.71. The van der Waals surface area contributed by atoms with E-state index in [-0.39, 0.29) is 41.5 Å². The summed E-state index contributed by atoms with van der Waals surface area (Å²) < 4.78 is 0. The minimum absolute atomic E-state index is 0. The van der Waals surface area contributed by atoms with Crippen LogP contribution in [0, 0.1) is 0 Å². The molecule has 0 unspecified atom stereocenters. The van der Waals surface area contributed by atoms with Gasteiger partial charge in [-0.2, -0.15) is 0 Å². The third-order valence-corrected chi connectivity index (χ3v) is 3.74. The second kappa shape index (κ2) is 15.2. The molecule has 7 heteroatoms. The first-order valence-corrected chi connectivity index (χ1v) is 8.93. The Morgan fingerprint density at radius 2 is 0.607 bits per heavy atom. The summed E-state index contributed by atoms with van der Waals surface area (Å²) in [6.07, 6.45) is 0. The van der Waals surface area contributed by atoms with E-state index in [1.54, 1.807) is 72.8 Å². The van der Waals surface area contributed by atoms with Gasteiger partial charge in [-0.15, -0.1) is 0 Å². The third-order valence-electron chi connectivity index (χ3n) is 3.03. The van der Waals surface area contributed by atoms with Crippen molar-refractivity contribution in [3.8, 4) is 0 Å². The number of hydrogen-bond donors (Lipinski definition) is 0. The molecule has 28 heavy (non-hydrogen) atoms. The Balaban J connectivity index is 0.000000384. The van der Waals surface area contributed by atoms with E-state index in [2.05, 4.69) is 37.9 Å². The minimum Gasteiger partial charge on any atom is -0.737 e. The smallest absolute Gasteiger partial charge is 0.737 e. The minimum atomic E-state index is -0.296. The van der Waals surface area contributed by atoms with Crippen molar-refractivity contribution < 1.29 is 14.4 Å². The molecule has 0 aliphatic heterocycles. The first-order valence-electron chi connectivity index (χ1n) is 7.71. The molecule has 3 nitrogen and oxygen atoms in total. The standard InChI is InChI=1S/3C7H6OS.Bi/c3*8-7(9)6-4-2-1-3-5-6;/h3*1-5H,(H,8,9);/q;;;+3/p-3. The van der Waals surface area contributed by atoms with Crippen LogP contribution in [-0.2, 0) is 37.9 Å². The van der Waals surface area contributed by atoms with Gasteiger partial charge in [0.15, 0.2) is 0 Å². The monoisotopic (exact) mass is 620 g/mol. The maximum atomic E-state index is 10.5. The molecule has 0 aliphatic carbocycles. The first-order chi connectivity index (χ1) is 12.9. The van der Waals surface area contributed by atoms with Crippen molar-refractivity contribution in [2.75, 3.05) is 0 Å². The van der Waals surface area contributed by atoms with Crippen molar-refractivity contribution in [1.82, 2.24) is 0 Å². The van der Waals surface area contributed by atoms with Crippen molar-refractivity contribution in [3.05, 3.63) is 108 Å². The van der Waals surface area contributed by atoms with E-state index in [9.17, 15) is 14.4 Å². The van der Waals surface area contributed by atoms with Gasteiger partial charge in [0.25, 0.3) is 0 Å². The zero-order valence-electron chi connectivity index (χ0n) is 14.6. The van der Waals surface area contributed by atoms with Gasteiger partial charge >= 0.3 is 26.2 Å².